The number of oxime groups is 1. The number of alkyl halides is 3. The van der Waals surface area contributed by atoms with Gasteiger partial charge in [0, 0.05) is 25.1 Å². The van der Waals surface area contributed by atoms with Crippen molar-refractivity contribution in [3.05, 3.63) is 59.2 Å². The van der Waals surface area contributed by atoms with Crippen LogP contribution in [0.3, 0.4) is 0 Å². The molecule has 0 fully saturated rings. The molecule has 0 saturated carbocycles. The molecule has 2 aromatic rings. The fourth-order valence-electron chi connectivity index (χ4n) is 2.91. The second-order valence-electron chi connectivity index (χ2n) is 6.36. The first kappa shape index (κ1) is 20.0. The van der Waals surface area contributed by atoms with E-state index in [1.807, 2.05) is 18.2 Å². The summed E-state index contributed by atoms with van der Waals surface area (Å²) in [6.45, 7) is 0.977. The average Bonchev–Trinajstić information content (AvgIpc) is 3.16. The Balaban J connectivity index is 1.49. The van der Waals surface area contributed by atoms with Crippen molar-refractivity contribution >= 4 is 5.71 Å². The first-order valence-corrected chi connectivity index (χ1v) is 8.72. The van der Waals surface area contributed by atoms with Gasteiger partial charge < -0.3 is 19.6 Å². The monoisotopic (exact) mass is 394 g/mol. The molecular formula is C20H21F3N2O3. The number of halogens is 3. The third kappa shape index (κ3) is 4.75. The second-order valence-corrected chi connectivity index (χ2v) is 6.36. The minimum absolute atomic E-state index is 0.141. The molecule has 0 spiro atoms. The van der Waals surface area contributed by atoms with Gasteiger partial charge in [-0.1, -0.05) is 17.3 Å². The van der Waals surface area contributed by atoms with Gasteiger partial charge in [0.05, 0.1) is 25.5 Å². The van der Waals surface area contributed by atoms with E-state index in [2.05, 4.69) is 10.5 Å². The minimum Gasteiger partial charge on any atom is -0.493 e. The van der Waals surface area contributed by atoms with Crippen LogP contribution in [0.1, 0.15) is 23.1 Å². The van der Waals surface area contributed by atoms with E-state index >= 15 is 0 Å². The highest BCUT2D eigenvalue weighted by Crippen LogP contribution is 2.30. The molecule has 150 valence electrons. The molecule has 28 heavy (non-hydrogen) atoms. The van der Waals surface area contributed by atoms with Gasteiger partial charge in [-0.15, -0.1) is 0 Å². The standard InChI is InChI=1S/C20H21F3N2O3/c1-26-18-8-5-14(9-19(18)27-2)17-10-16(28-25-17)12-24-11-13-3-6-15(7-4-13)20(21,22)23/h3-9,16,24H,10-12H2,1-2H3/t16-/m0/s1. The maximum absolute atomic E-state index is 12.6. The normalized spacial score (nSPS) is 16.5. The molecule has 1 N–H and O–H groups in total. The highest BCUT2D eigenvalue weighted by atomic mass is 19.4. The van der Waals surface area contributed by atoms with Crippen LogP contribution in [-0.4, -0.2) is 32.6 Å². The predicted molar refractivity (Wildman–Crippen MR) is 98.7 cm³/mol. The molecule has 0 aliphatic carbocycles. The van der Waals surface area contributed by atoms with Crippen LogP contribution in [-0.2, 0) is 17.6 Å². The largest absolute Gasteiger partial charge is 0.493 e. The Morgan fingerprint density at radius 1 is 1.07 bits per heavy atom. The molecule has 2 aromatic carbocycles. The van der Waals surface area contributed by atoms with Gasteiger partial charge in [-0.05, 0) is 35.9 Å². The number of rotatable bonds is 7. The van der Waals surface area contributed by atoms with Gasteiger partial charge in [0.2, 0.25) is 0 Å². The van der Waals surface area contributed by atoms with Gasteiger partial charge in [-0.3, -0.25) is 0 Å². The molecule has 3 rings (SSSR count). The Labute approximate surface area is 161 Å². The Bertz CT molecular complexity index is 836. The Hall–Kier alpha value is -2.74. The van der Waals surface area contributed by atoms with Crippen LogP contribution in [0.4, 0.5) is 13.2 Å². The highest BCUT2D eigenvalue weighted by Gasteiger charge is 2.30. The zero-order valence-electron chi connectivity index (χ0n) is 15.5. The molecule has 0 aromatic heterocycles. The zero-order chi connectivity index (χ0) is 20.1. The lowest BCUT2D eigenvalue weighted by molar-refractivity contribution is -0.137. The topological polar surface area (TPSA) is 52.1 Å². The third-order valence-corrected chi connectivity index (χ3v) is 4.43. The van der Waals surface area contributed by atoms with Crippen LogP contribution < -0.4 is 14.8 Å². The van der Waals surface area contributed by atoms with Crippen molar-refractivity contribution in [3.63, 3.8) is 0 Å². The lowest BCUT2D eigenvalue weighted by Gasteiger charge is -2.11. The van der Waals surface area contributed by atoms with E-state index in [4.69, 9.17) is 14.3 Å². The van der Waals surface area contributed by atoms with Crippen LogP contribution in [0.2, 0.25) is 0 Å². The fraction of sp³-hybridized carbons (Fsp3) is 0.350. The molecule has 8 heteroatoms. The van der Waals surface area contributed by atoms with Crippen LogP contribution in [0.15, 0.2) is 47.6 Å². The fourth-order valence-corrected chi connectivity index (χ4v) is 2.91. The number of hydrogen-bond acceptors (Lipinski definition) is 5. The number of methoxy groups -OCH3 is 2. The molecule has 0 unspecified atom stereocenters. The summed E-state index contributed by atoms with van der Waals surface area (Å²) in [5.74, 6) is 1.26. The smallest absolute Gasteiger partial charge is 0.416 e. The van der Waals surface area contributed by atoms with Crippen molar-refractivity contribution in [2.75, 3.05) is 20.8 Å². The lowest BCUT2D eigenvalue weighted by atomic mass is 10.0. The summed E-state index contributed by atoms with van der Waals surface area (Å²) < 4.78 is 48.3. The summed E-state index contributed by atoms with van der Waals surface area (Å²) in [5.41, 5.74) is 1.82. The molecule has 0 bridgehead atoms. The summed E-state index contributed by atoms with van der Waals surface area (Å²) in [7, 11) is 3.15. The van der Waals surface area contributed by atoms with E-state index in [0.29, 0.717) is 31.0 Å². The maximum atomic E-state index is 12.6. The molecule has 1 aliphatic rings. The van der Waals surface area contributed by atoms with Gasteiger partial charge in [0.15, 0.2) is 11.5 Å². The Morgan fingerprint density at radius 2 is 1.79 bits per heavy atom. The van der Waals surface area contributed by atoms with Gasteiger partial charge in [0.25, 0.3) is 0 Å². The van der Waals surface area contributed by atoms with Crippen molar-refractivity contribution in [2.24, 2.45) is 5.16 Å². The molecule has 1 aliphatic heterocycles. The summed E-state index contributed by atoms with van der Waals surface area (Å²) in [6, 6.07) is 10.7. The first-order chi connectivity index (χ1) is 13.4. The van der Waals surface area contributed by atoms with Gasteiger partial charge >= 0.3 is 6.18 Å². The Morgan fingerprint density at radius 3 is 2.43 bits per heavy atom. The highest BCUT2D eigenvalue weighted by molar-refractivity contribution is 6.01. The van der Waals surface area contributed by atoms with Crippen LogP contribution >= 0.6 is 0 Å². The summed E-state index contributed by atoms with van der Waals surface area (Å²) in [6.07, 6.45) is -3.84. The van der Waals surface area contributed by atoms with Gasteiger partial charge in [0.1, 0.15) is 6.10 Å². The predicted octanol–water partition coefficient (Wildman–Crippen LogP) is 4.01. The number of nitrogens with one attached hydrogen (secondary N) is 1. The molecule has 1 atom stereocenters. The van der Waals surface area contributed by atoms with E-state index in [0.717, 1.165) is 29.0 Å². The van der Waals surface area contributed by atoms with Crippen LogP contribution in [0, 0.1) is 0 Å². The Kier molecular flexibility index (Phi) is 6.08. The van der Waals surface area contributed by atoms with Crippen molar-refractivity contribution in [2.45, 2.75) is 25.2 Å². The van der Waals surface area contributed by atoms with Crippen molar-refractivity contribution in [3.8, 4) is 11.5 Å². The van der Waals surface area contributed by atoms with Crippen molar-refractivity contribution in [1.82, 2.24) is 5.32 Å². The zero-order valence-corrected chi connectivity index (χ0v) is 15.5. The maximum Gasteiger partial charge on any atom is 0.416 e. The molecular weight excluding hydrogens is 373 g/mol. The van der Waals surface area contributed by atoms with Crippen molar-refractivity contribution in [1.29, 1.82) is 0 Å². The number of benzene rings is 2. The summed E-state index contributed by atoms with van der Waals surface area (Å²) in [4.78, 5) is 5.46. The number of hydrogen-bond donors (Lipinski definition) is 1. The molecule has 1 heterocycles. The second kappa shape index (κ2) is 8.52. The molecule has 5 nitrogen and oxygen atoms in total. The number of nitrogens with zero attached hydrogens (tertiary/aromatic N) is 1. The summed E-state index contributed by atoms with van der Waals surface area (Å²) >= 11 is 0. The molecule has 0 amide bonds. The first-order valence-electron chi connectivity index (χ1n) is 8.72. The van der Waals surface area contributed by atoms with E-state index in [1.165, 1.54) is 12.1 Å². The van der Waals surface area contributed by atoms with Crippen LogP contribution in [0.25, 0.3) is 0 Å². The van der Waals surface area contributed by atoms with E-state index in [1.54, 1.807) is 14.2 Å². The molecule has 0 saturated heterocycles. The molecule has 0 radical (unpaired) electrons. The van der Waals surface area contributed by atoms with Gasteiger partial charge in [-0.25, -0.2) is 0 Å². The van der Waals surface area contributed by atoms with E-state index < -0.39 is 11.7 Å². The summed E-state index contributed by atoms with van der Waals surface area (Å²) in [5, 5.41) is 7.33. The van der Waals surface area contributed by atoms with E-state index in [9.17, 15) is 13.2 Å². The van der Waals surface area contributed by atoms with Crippen molar-refractivity contribution < 1.29 is 27.5 Å². The van der Waals surface area contributed by atoms with Gasteiger partial charge in [-0.2, -0.15) is 13.2 Å². The lowest BCUT2D eigenvalue weighted by Crippen LogP contribution is -2.26. The third-order valence-electron chi connectivity index (χ3n) is 4.43. The minimum atomic E-state index is -4.32. The quantitative estimate of drug-likeness (QED) is 0.771. The SMILES string of the molecule is COc1ccc(C2=NO[C@H](CNCc3ccc(C(F)(F)F)cc3)C2)cc1OC. The van der Waals surface area contributed by atoms with Crippen LogP contribution in [0.5, 0.6) is 11.5 Å². The average molecular weight is 394 g/mol. The van der Waals surface area contributed by atoms with E-state index in [-0.39, 0.29) is 6.10 Å². The number of ether oxygens (including phenoxy) is 2.